The Labute approximate surface area is 104 Å². The third-order valence-corrected chi connectivity index (χ3v) is 2.48. The topological polar surface area (TPSA) is 57.4 Å². The number of hydrogen-bond donors (Lipinski definition) is 1. The van der Waals surface area contributed by atoms with Crippen LogP contribution in [0.1, 0.15) is 0 Å². The molecule has 0 aliphatic carbocycles. The van der Waals surface area contributed by atoms with E-state index in [1.807, 2.05) is 0 Å². The molecule has 0 aliphatic heterocycles. The summed E-state index contributed by atoms with van der Waals surface area (Å²) in [7, 11) is 0. The molecule has 18 heavy (non-hydrogen) atoms. The predicted octanol–water partition coefficient (Wildman–Crippen LogP) is 3.42. The molecule has 0 aliphatic rings. The Morgan fingerprint density at radius 2 is 1.83 bits per heavy atom. The van der Waals surface area contributed by atoms with Gasteiger partial charge in [-0.3, -0.25) is 0 Å². The van der Waals surface area contributed by atoms with E-state index in [-0.39, 0.29) is 10.9 Å². The number of halogens is 3. The molecular weight excluding hydrogens is 269 g/mol. The van der Waals surface area contributed by atoms with Gasteiger partial charge in [-0.25, -0.2) is 4.98 Å². The fraction of sp³-hybridized carbons (Fsp3) is 0.100. The van der Waals surface area contributed by atoms with Crippen LogP contribution in [0, 0.1) is 0 Å². The molecule has 0 saturated carbocycles. The SMILES string of the molecule is Nc1cnc(Oc2ccccc2OC(F)(F)F)s1. The van der Waals surface area contributed by atoms with E-state index >= 15 is 0 Å². The van der Waals surface area contributed by atoms with E-state index in [1.54, 1.807) is 0 Å². The fourth-order valence-electron chi connectivity index (χ4n) is 1.15. The smallest absolute Gasteiger partial charge is 0.427 e. The van der Waals surface area contributed by atoms with Crippen LogP contribution >= 0.6 is 11.3 Å². The minimum absolute atomic E-state index is 0.0795. The van der Waals surface area contributed by atoms with Crippen LogP contribution < -0.4 is 15.2 Å². The van der Waals surface area contributed by atoms with Gasteiger partial charge in [0.25, 0.3) is 5.19 Å². The van der Waals surface area contributed by atoms with E-state index in [9.17, 15) is 13.2 Å². The molecule has 0 amide bonds. The van der Waals surface area contributed by atoms with Gasteiger partial charge in [0.2, 0.25) is 0 Å². The van der Waals surface area contributed by atoms with Gasteiger partial charge < -0.3 is 15.2 Å². The van der Waals surface area contributed by atoms with Gasteiger partial charge in [0, 0.05) is 0 Å². The van der Waals surface area contributed by atoms with Crippen LogP contribution in [0.5, 0.6) is 16.7 Å². The van der Waals surface area contributed by atoms with E-state index in [1.165, 1.54) is 24.4 Å². The Morgan fingerprint density at radius 3 is 2.39 bits per heavy atom. The number of rotatable bonds is 3. The van der Waals surface area contributed by atoms with Crippen molar-refractivity contribution in [3.8, 4) is 16.7 Å². The summed E-state index contributed by atoms with van der Waals surface area (Å²) in [4.78, 5) is 3.78. The number of nitrogens with zero attached hydrogens (tertiary/aromatic N) is 1. The van der Waals surface area contributed by atoms with Crippen molar-refractivity contribution in [2.45, 2.75) is 6.36 Å². The Bertz CT molecular complexity index is 542. The molecule has 0 saturated heterocycles. The van der Waals surface area contributed by atoms with E-state index < -0.39 is 12.1 Å². The molecule has 8 heteroatoms. The highest BCUT2D eigenvalue weighted by atomic mass is 32.1. The van der Waals surface area contributed by atoms with Crippen molar-refractivity contribution < 1.29 is 22.6 Å². The van der Waals surface area contributed by atoms with Crippen LogP contribution in [0.15, 0.2) is 30.5 Å². The lowest BCUT2D eigenvalue weighted by molar-refractivity contribution is -0.275. The summed E-state index contributed by atoms with van der Waals surface area (Å²) in [6, 6.07) is 5.43. The minimum atomic E-state index is -4.78. The lowest BCUT2D eigenvalue weighted by atomic mass is 10.3. The molecule has 2 N–H and O–H groups in total. The number of nitrogen functional groups attached to an aromatic ring is 1. The summed E-state index contributed by atoms with van der Waals surface area (Å²) in [6.45, 7) is 0. The number of nitrogens with two attached hydrogens (primary N) is 1. The summed E-state index contributed by atoms with van der Waals surface area (Å²) >= 11 is 1.02. The molecule has 4 nitrogen and oxygen atoms in total. The number of thiazole rings is 1. The van der Waals surface area contributed by atoms with Crippen molar-refractivity contribution in [2.75, 3.05) is 5.73 Å². The third kappa shape index (κ3) is 3.27. The van der Waals surface area contributed by atoms with E-state index in [2.05, 4.69) is 9.72 Å². The summed E-state index contributed by atoms with van der Waals surface area (Å²) in [6.07, 6.45) is -3.42. The van der Waals surface area contributed by atoms with Crippen molar-refractivity contribution in [1.29, 1.82) is 0 Å². The summed E-state index contributed by atoms with van der Waals surface area (Å²) in [5, 5.41) is 0.546. The van der Waals surface area contributed by atoms with E-state index in [0.29, 0.717) is 5.00 Å². The second-order valence-electron chi connectivity index (χ2n) is 3.13. The van der Waals surface area contributed by atoms with Crippen LogP contribution in [-0.4, -0.2) is 11.3 Å². The maximum atomic E-state index is 12.2. The van der Waals surface area contributed by atoms with Gasteiger partial charge in [-0.1, -0.05) is 23.5 Å². The van der Waals surface area contributed by atoms with Crippen LogP contribution in [-0.2, 0) is 0 Å². The van der Waals surface area contributed by atoms with Crippen LogP contribution in [0.2, 0.25) is 0 Å². The molecule has 1 aromatic heterocycles. The monoisotopic (exact) mass is 276 g/mol. The Hall–Kier alpha value is -1.96. The lowest BCUT2D eigenvalue weighted by Crippen LogP contribution is -2.17. The first-order chi connectivity index (χ1) is 8.44. The second kappa shape index (κ2) is 4.73. The number of alkyl halides is 3. The molecule has 1 aromatic carbocycles. The molecule has 0 fully saturated rings. The zero-order valence-corrected chi connectivity index (χ0v) is 9.59. The maximum Gasteiger partial charge on any atom is 0.573 e. The first-order valence-electron chi connectivity index (χ1n) is 4.68. The Kier molecular flexibility index (Phi) is 3.28. The first-order valence-corrected chi connectivity index (χ1v) is 5.49. The second-order valence-corrected chi connectivity index (χ2v) is 4.15. The molecule has 2 aromatic rings. The van der Waals surface area contributed by atoms with Crippen LogP contribution in [0.3, 0.4) is 0 Å². The molecule has 0 spiro atoms. The maximum absolute atomic E-state index is 12.2. The van der Waals surface area contributed by atoms with Gasteiger partial charge in [0.05, 0.1) is 6.20 Å². The quantitative estimate of drug-likeness (QED) is 0.933. The zero-order valence-electron chi connectivity index (χ0n) is 8.77. The highest BCUT2D eigenvalue weighted by molar-refractivity contribution is 7.17. The first kappa shape index (κ1) is 12.5. The Morgan fingerprint density at radius 1 is 1.17 bits per heavy atom. The normalized spacial score (nSPS) is 11.3. The van der Waals surface area contributed by atoms with Gasteiger partial charge in [-0.15, -0.1) is 13.2 Å². The fourth-order valence-corrected chi connectivity index (χ4v) is 1.70. The zero-order chi connectivity index (χ0) is 13.2. The molecule has 0 unspecified atom stereocenters. The molecular formula is C10H7F3N2O2S. The molecule has 0 radical (unpaired) electrons. The third-order valence-electron chi connectivity index (χ3n) is 1.77. The largest absolute Gasteiger partial charge is 0.573 e. The summed E-state index contributed by atoms with van der Waals surface area (Å²) in [5.74, 6) is -0.511. The summed E-state index contributed by atoms with van der Waals surface area (Å²) in [5.41, 5.74) is 5.44. The predicted molar refractivity (Wildman–Crippen MR) is 59.7 cm³/mol. The summed E-state index contributed by atoms with van der Waals surface area (Å²) < 4.78 is 45.5. The standard InChI is InChI=1S/C10H7F3N2O2S/c11-10(12,13)17-7-4-2-1-3-6(7)16-9-15-5-8(14)18-9/h1-5H,14H2. The lowest BCUT2D eigenvalue weighted by Gasteiger charge is -2.12. The number of hydrogen-bond acceptors (Lipinski definition) is 5. The van der Waals surface area contributed by atoms with Gasteiger partial charge >= 0.3 is 6.36 Å². The molecule has 96 valence electrons. The molecule has 1 heterocycles. The van der Waals surface area contributed by atoms with Gasteiger partial charge in [0.15, 0.2) is 11.5 Å². The number of anilines is 1. The number of aromatic nitrogens is 1. The average molecular weight is 276 g/mol. The average Bonchev–Trinajstić information content (AvgIpc) is 2.65. The van der Waals surface area contributed by atoms with Crippen molar-refractivity contribution in [2.24, 2.45) is 0 Å². The number of para-hydroxylation sites is 2. The van der Waals surface area contributed by atoms with E-state index in [0.717, 1.165) is 17.4 Å². The van der Waals surface area contributed by atoms with Gasteiger partial charge in [-0.05, 0) is 12.1 Å². The van der Waals surface area contributed by atoms with Crippen LogP contribution in [0.4, 0.5) is 18.2 Å². The van der Waals surface area contributed by atoms with Crippen LogP contribution in [0.25, 0.3) is 0 Å². The van der Waals surface area contributed by atoms with Gasteiger partial charge in [-0.2, -0.15) is 0 Å². The highest BCUT2D eigenvalue weighted by Crippen LogP contribution is 2.36. The minimum Gasteiger partial charge on any atom is -0.427 e. The van der Waals surface area contributed by atoms with Gasteiger partial charge in [0.1, 0.15) is 5.00 Å². The number of ether oxygens (including phenoxy) is 2. The van der Waals surface area contributed by atoms with Crippen molar-refractivity contribution in [3.05, 3.63) is 30.5 Å². The van der Waals surface area contributed by atoms with E-state index in [4.69, 9.17) is 10.5 Å². The number of benzene rings is 1. The highest BCUT2D eigenvalue weighted by Gasteiger charge is 2.32. The van der Waals surface area contributed by atoms with Crippen molar-refractivity contribution in [1.82, 2.24) is 4.98 Å². The molecule has 0 bridgehead atoms. The van der Waals surface area contributed by atoms with Crippen molar-refractivity contribution >= 4 is 16.3 Å². The van der Waals surface area contributed by atoms with Crippen molar-refractivity contribution in [3.63, 3.8) is 0 Å². The molecule has 0 atom stereocenters. The molecule has 2 rings (SSSR count). The Balaban J connectivity index is 2.22.